The molecule has 2 N–H and O–H groups in total. The molecule has 0 aliphatic rings. The van der Waals surface area contributed by atoms with Gasteiger partial charge in [-0.15, -0.1) is 0 Å². The molecule has 0 saturated carbocycles. The van der Waals surface area contributed by atoms with Crippen molar-refractivity contribution in [1.82, 2.24) is 4.98 Å². The lowest BCUT2D eigenvalue weighted by atomic mass is 10.1. The Balaban J connectivity index is 2.27. The lowest BCUT2D eigenvalue weighted by Gasteiger charge is -2.22. The van der Waals surface area contributed by atoms with Gasteiger partial charge in [0.15, 0.2) is 6.10 Å². The Morgan fingerprint density at radius 2 is 1.84 bits per heavy atom. The average Bonchev–Trinajstić information content (AvgIpc) is 2.35. The van der Waals surface area contributed by atoms with Crippen molar-refractivity contribution in [2.24, 2.45) is 5.73 Å². The summed E-state index contributed by atoms with van der Waals surface area (Å²) in [6.45, 7) is 1.75. The van der Waals surface area contributed by atoms with Gasteiger partial charge < -0.3 is 10.5 Å². The predicted octanol–water partition coefficient (Wildman–Crippen LogP) is 2.83. The van der Waals surface area contributed by atoms with Crippen molar-refractivity contribution in [2.75, 3.05) is 0 Å². The van der Waals surface area contributed by atoms with Crippen molar-refractivity contribution in [3.8, 4) is 5.75 Å². The highest BCUT2D eigenvalue weighted by atomic mass is 19.1. The molecule has 0 radical (unpaired) electrons. The number of benzene rings is 1. The van der Waals surface area contributed by atoms with Gasteiger partial charge in [-0.2, -0.15) is 0 Å². The van der Waals surface area contributed by atoms with Crippen LogP contribution in [0, 0.1) is 11.6 Å². The van der Waals surface area contributed by atoms with E-state index in [-0.39, 0.29) is 11.8 Å². The summed E-state index contributed by atoms with van der Waals surface area (Å²) in [5, 5.41) is 0. The van der Waals surface area contributed by atoms with Gasteiger partial charge in [0, 0.05) is 30.4 Å². The fourth-order valence-electron chi connectivity index (χ4n) is 1.72. The second-order valence-electron chi connectivity index (χ2n) is 4.26. The number of rotatable bonds is 4. The summed E-state index contributed by atoms with van der Waals surface area (Å²) in [4.78, 5) is 4.15. The maximum atomic E-state index is 13.1. The third-order valence-corrected chi connectivity index (χ3v) is 2.56. The molecule has 19 heavy (non-hydrogen) atoms. The summed E-state index contributed by atoms with van der Waals surface area (Å²) in [6.07, 6.45) is 1.04. The number of aromatic nitrogens is 1. The Bertz CT molecular complexity index is 526. The van der Waals surface area contributed by atoms with Gasteiger partial charge in [-0.3, -0.25) is 4.98 Å². The zero-order valence-electron chi connectivity index (χ0n) is 10.4. The molecule has 5 heteroatoms. The highest BCUT2D eigenvalue weighted by Crippen LogP contribution is 2.24. The second kappa shape index (κ2) is 5.75. The summed E-state index contributed by atoms with van der Waals surface area (Å²) < 4.78 is 31.8. The van der Waals surface area contributed by atoms with E-state index in [9.17, 15) is 8.78 Å². The van der Waals surface area contributed by atoms with E-state index in [0.29, 0.717) is 5.69 Å². The Hall–Kier alpha value is -2.01. The first-order valence-electron chi connectivity index (χ1n) is 5.85. The molecule has 2 unspecified atom stereocenters. The fourth-order valence-corrected chi connectivity index (χ4v) is 1.72. The molecule has 0 bridgehead atoms. The quantitative estimate of drug-likeness (QED) is 0.923. The SMILES string of the molecule is CC(N)C(Oc1cc(F)cc(F)c1)c1ccccn1. The number of hydrogen-bond donors (Lipinski definition) is 1. The van der Waals surface area contributed by atoms with E-state index in [2.05, 4.69) is 4.98 Å². The molecule has 2 aromatic rings. The van der Waals surface area contributed by atoms with Crippen molar-refractivity contribution < 1.29 is 13.5 Å². The predicted molar refractivity (Wildman–Crippen MR) is 67.6 cm³/mol. The van der Waals surface area contributed by atoms with Crippen LogP contribution in [0.4, 0.5) is 8.78 Å². The molecule has 0 spiro atoms. The topological polar surface area (TPSA) is 48.1 Å². The molecule has 0 aliphatic heterocycles. The summed E-state index contributed by atoms with van der Waals surface area (Å²) in [5.41, 5.74) is 6.45. The molecule has 0 fully saturated rings. The number of pyridine rings is 1. The molecule has 1 heterocycles. The molecule has 0 aliphatic carbocycles. The van der Waals surface area contributed by atoms with E-state index in [1.807, 2.05) is 0 Å². The molecule has 1 aromatic carbocycles. The van der Waals surface area contributed by atoms with Crippen LogP contribution in [0.1, 0.15) is 18.7 Å². The van der Waals surface area contributed by atoms with Gasteiger partial charge in [0.2, 0.25) is 0 Å². The normalized spacial score (nSPS) is 13.9. The number of halogens is 2. The van der Waals surface area contributed by atoms with Crippen molar-refractivity contribution >= 4 is 0 Å². The smallest absolute Gasteiger partial charge is 0.155 e. The third-order valence-electron chi connectivity index (χ3n) is 2.56. The van der Waals surface area contributed by atoms with Gasteiger partial charge in [-0.25, -0.2) is 8.78 Å². The maximum Gasteiger partial charge on any atom is 0.155 e. The highest BCUT2D eigenvalue weighted by Gasteiger charge is 2.20. The molecule has 0 amide bonds. The van der Waals surface area contributed by atoms with Gasteiger partial charge in [-0.1, -0.05) is 6.07 Å². The number of nitrogens with two attached hydrogens (primary N) is 1. The second-order valence-corrected chi connectivity index (χ2v) is 4.26. The number of hydrogen-bond acceptors (Lipinski definition) is 3. The lowest BCUT2D eigenvalue weighted by Crippen LogP contribution is -2.29. The van der Waals surface area contributed by atoms with Crippen LogP contribution in [0.3, 0.4) is 0 Å². The van der Waals surface area contributed by atoms with Crippen LogP contribution in [0.15, 0.2) is 42.6 Å². The van der Waals surface area contributed by atoms with Crippen molar-refractivity contribution in [1.29, 1.82) is 0 Å². The molecule has 2 atom stereocenters. The third kappa shape index (κ3) is 3.48. The van der Waals surface area contributed by atoms with Gasteiger partial charge in [-0.05, 0) is 19.1 Å². The van der Waals surface area contributed by atoms with Crippen LogP contribution in [0.5, 0.6) is 5.75 Å². The van der Waals surface area contributed by atoms with Gasteiger partial charge >= 0.3 is 0 Å². The average molecular weight is 264 g/mol. The zero-order valence-corrected chi connectivity index (χ0v) is 10.4. The standard InChI is InChI=1S/C14H14F2N2O/c1-9(17)14(13-4-2-3-5-18-13)19-12-7-10(15)6-11(16)8-12/h2-9,14H,17H2,1H3. The largest absolute Gasteiger partial charge is 0.482 e. The molecule has 100 valence electrons. The van der Waals surface area contributed by atoms with Crippen molar-refractivity contribution in [3.63, 3.8) is 0 Å². The molecule has 2 rings (SSSR count). The minimum Gasteiger partial charge on any atom is -0.482 e. The molecule has 3 nitrogen and oxygen atoms in total. The zero-order chi connectivity index (χ0) is 13.8. The minimum absolute atomic E-state index is 0.0884. The van der Waals surface area contributed by atoms with Gasteiger partial charge in [0.25, 0.3) is 0 Å². The van der Waals surface area contributed by atoms with Crippen LogP contribution in [-0.4, -0.2) is 11.0 Å². The Morgan fingerprint density at radius 1 is 1.16 bits per heavy atom. The van der Waals surface area contributed by atoms with E-state index in [1.165, 1.54) is 0 Å². The molecule has 1 aromatic heterocycles. The van der Waals surface area contributed by atoms with Crippen molar-refractivity contribution in [2.45, 2.75) is 19.1 Å². The Kier molecular flexibility index (Phi) is 4.06. The van der Waals surface area contributed by atoms with Crippen LogP contribution >= 0.6 is 0 Å². The van der Waals surface area contributed by atoms with Crippen LogP contribution in [-0.2, 0) is 0 Å². The van der Waals surface area contributed by atoms with E-state index < -0.39 is 17.7 Å². The van der Waals surface area contributed by atoms with Gasteiger partial charge in [0.05, 0.1) is 5.69 Å². The van der Waals surface area contributed by atoms with E-state index in [1.54, 1.807) is 31.3 Å². The summed E-state index contributed by atoms with van der Waals surface area (Å²) in [5.74, 6) is -1.30. The highest BCUT2D eigenvalue weighted by molar-refractivity contribution is 5.25. The molecular formula is C14H14F2N2O. The first-order chi connectivity index (χ1) is 9.06. The summed E-state index contributed by atoms with van der Waals surface area (Å²) in [6, 6.07) is 7.96. The van der Waals surface area contributed by atoms with Crippen LogP contribution in [0.2, 0.25) is 0 Å². The monoisotopic (exact) mass is 264 g/mol. The van der Waals surface area contributed by atoms with E-state index in [4.69, 9.17) is 10.5 Å². The van der Waals surface area contributed by atoms with Crippen LogP contribution in [0.25, 0.3) is 0 Å². The molecule has 0 saturated heterocycles. The van der Waals surface area contributed by atoms with E-state index in [0.717, 1.165) is 18.2 Å². The Morgan fingerprint density at radius 3 is 2.37 bits per heavy atom. The summed E-state index contributed by atoms with van der Waals surface area (Å²) in [7, 11) is 0. The minimum atomic E-state index is -0.695. The summed E-state index contributed by atoms with van der Waals surface area (Å²) >= 11 is 0. The van der Waals surface area contributed by atoms with Crippen LogP contribution < -0.4 is 10.5 Å². The maximum absolute atomic E-state index is 13.1. The molecular weight excluding hydrogens is 250 g/mol. The van der Waals surface area contributed by atoms with Crippen molar-refractivity contribution in [3.05, 3.63) is 59.9 Å². The number of ether oxygens (including phenoxy) is 1. The Labute approximate surface area is 110 Å². The fraction of sp³-hybridized carbons (Fsp3) is 0.214. The first kappa shape index (κ1) is 13.4. The van der Waals surface area contributed by atoms with Gasteiger partial charge in [0.1, 0.15) is 17.4 Å². The van der Waals surface area contributed by atoms with E-state index >= 15 is 0 Å². The number of nitrogens with zero attached hydrogens (tertiary/aromatic N) is 1. The first-order valence-corrected chi connectivity index (χ1v) is 5.85. The lowest BCUT2D eigenvalue weighted by molar-refractivity contribution is 0.174.